The number of nitrogens with one attached hydrogen (secondary N) is 1. The lowest BCUT2D eigenvalue weighted by Gasteiger charge is -2.15. The summed E-state index contributed by atoms with van der Waals surface area (Å²) < 4.78 is 26.9. The number of sulfonamides is 1. The Hall–Kier alpha value is -1.50. The van der Waals surface area contributed by atoms with Gasteiger partial charge in [0.2, 0.25) is 0 Å². The van der Waals surface area contributed by atoms with E-state index in [0.29, 0.717) is 10.7 Å². The SMILES string of the molecule is CN(C)c1ccc(NS(=O)(=O)c2ccnc(Cl)c2)cc1Cl. The van der Waals surface area contributed by atoms with Gasteiger partial charge in [-0.3, -0.25) is 4.72 Å². The molecule has 8 heteroatoms. The summed E-state index contributed by atoms with van der Waals surface area (Å²) in [5.74, 6) is 0. The maximum absolute atomic E-state index is 12.2. The summed E-state index contributed by atoms with van der Waals surface area (Å²) in [4.78, 5) is 5.63. The van der Waals surface area contributed by atoms with Gasteiger partial charge in [0, 0.05) is 20.3 Å². The maximum Gasteiger partial charge on any atom is 0.262 e. The molecule has 0 aliphatic rings. The molecule has 1 N–H and O–H groups in total. The van der Waals surface area contributed by atoms with Crippen molar-refractivity contribution in [2.24, 2.45) is 0 Å². The molecular formula is C13H13Cl2N3O2S. The molecule has 0 aliphatic heterocycles. The minimum absolute atomic E-state index is 0.0373. The highest BCUT2D eigenvalue weighted by atomic mass is 35.5. The highest BCUT2D eigenvalue weighted by molar-refractivity contribution is 7.92. The topological polar surface area (TPSA) is 62.3 Å². The average molecular weight is 346 g/mol. The Morgan fingerprint density at radius 3 is 2.43 bits per heavy atom. The molecule has 0 atom stereocenters. The van der Waals surface area contributed by atoms with Crippen LogP contribution in [0.5, 0.6) is 0 Å². The Labute approximate surface area is 133 Å². The van der Waals surface area contributed by atoms with Crippen molar-refractivity contribution in [3.8, 4) is 0 Å². The van der Waals surface area contributed by atoms with E-state index < -0.39 is 10.0 Å². The lowest BCUT2D eigenvalue weighted by Crippen LogP contribution is -2.14. The standard InChI is InChI=1S/C13H13Cl2N3O2S/c1-18(2)12-4-3-9(7-11(12)14)17-21(19,20)10-5-6-16-13(15)8-10/h3-8,17H,1-2H3. The van der Waals surface area contributed by atoms with Gasteiger partial charge in [0.05, 0.1) is 21.3 Å². The first-order chi connectivity index (χ1) is 9.79. The summed E-state index contributed by atoms with van der Waals surface area (Å²) in [7, 11) is -0.0299. The third-order valence-corrected chi connectivity index (χ3v) is 4.58. The summed E-state index contributed by atoms with van der Waals surface area (Å²) in [6.07, 6.45) is 1.33. The van der Waals surface area contributed by atoms with Gasteiger partial charge in [-0.1, -0.05) is 23.2 Å². The fourth-order valence-electron chi connectivity index (χ4n) is 1.70. The fourth-order valence-corrected chi connectivity index (χ4v) is 3.35. The van der Waals surface area contributed by atoms with Crippen LogP contribution in [-0.2, 0) is 10.0 Å². The van der Waals surface area contributed by atoms with Crippen molar-refractivity contribution in [3.63, 3.8) is 0 Å². The predicted octanol–water partition coefficient (Wildman–Crippen LogP) is 3.26. The monoisotopic (exact) mass is 345 g/mol. The third-order valence-electron chi connectivity index (χ3n) is 2.69. The van der Waals surface area contributed by atoms with Gasteiger partial charge in [-0.25, -0.2) is 13.4 Å². The Morgan fingerprint density at radius 2 is 1.86 bits per heavy atom. The summed E-state index contributed by atoms with van der Waals surface area (Å²) in [6.45, 7) is 0. The highest BCUT2D eigenvalue weighted by Crippen LogP contribution is 2.28. The first kappa shape index (κ1) is 15.9. The highest BCUT2D eigenvalue weighted by Gasteiger charge is 2.15. The molecule has 1 aromatic carbocycles. The van der Waals surface area contributed by atoms with E-state index >= 15 is 0 Å². The van der Waals surface area contributed by atoms with Crippen molar-refractivity contribution in [1.29, 1.82) is 0 Å². The van der Waals surface area contributed by atoms with Gasteiger partial charge in [0.15, 0.2) is 0 Å². The number of nitrogens with zero attached hydrogens (tertiary/aromatic N) is 2. The molecular weight excluding hydrogens is 333 g/mol. The van der Waals surface area contributed by atoms with E-state index in [1.54, 1.807) is 18.2 Å². The Morgan fingerprint density at radius 1 is 1.14 bits per heavy atom. The Kier molecular flexibility index (Phi) is 4.61. The normalized spacial score (nSPS) is 11.2. The van der Waals surface area contributed by atoms with Gasteiger partial charge in [0.25, 0.3) is 10.0 Å². The van der Waals surface area contributed by atoms with Crippen LogP contribution in [0.3, 0.4) is 0 Å². The van der Waals surface area contributed by atoms with E-state index in [-0.39, 0.29) is 10.0 Å². The summed E-state index contributed by atoms with van der Waals surface area (Å²) in [6, 6.07) is 7.57. The van der Waals surface area contributed by atoms with Crippen LogP contribution in [0.4, 0.5) is 11.4 Å². The van der Waals surface area contributed by atoms with Crippen LogP contribution >= 0.6 is 23.2 Å². The molecule has 1 aromatic heterocycles. The van der Waals surface area contributed by atoms with Crippen molar-refractivity contribution >= 4 is 44.6 Å². The van der Waals surface area contributed by atoms with E-state index in [0.717, 1.165) is 5.69 Å². The predicted molar refractivity (Wildman–Crippen MR) is 85.8 cm³/mol. The Bertz CT molecular complexity index is 764. The molecule has 0 spiro atoms. The van der Waals surface area contributed by atoms with Crippen LogP contribution in [0.15, 0.2) is 41.4 Å². The minimum Gasteiger partial charge on any atom is -0.376 e. The van der Waals surface area contributed by atoms with Crippen LogP contribution < -0.4 is 9.62 Å². The number of halogens is 2. The molecule has 2 aromatic rings. The van der Waals surface area contributed by atoms with E-state index in [1.165, 1.54) is 18.3 Å². The summed E-state index contributed by atoms with van der Waals surface area (Å²) >= 11 is 11.8. The molecule has 2 rings (SSSR count). The average Bonchev–Trinajstić information content (AvgIpc) is 2.37. The van der Waals surface area contributed by atoms with Crippen LogP contribution in [0, 0.1) is 0 Å². The third kappa shape index (κ3) is 3.78. The lowest BCUT2D eigenvalue weighted by molar-refractivity contribution is 0.601. The Balaban J connectivity index is 2.31. The number of benzene rings is 1. The van der Waals surface area contributed by atoms with Crippen molar-refractivity contribution in [3.05, 3.63) is 46.7 Å². The van der Waals surface area contributed by atoms with Crippen LogP contribution in [-0.4, -0.2) is 27.5 Å². The van der Waals surface area contributed by atoms with Gasteiger partial charge in [0.1, 0.15) is 5.15 Å². The van der Waals surface area contributed by atoms with Crippen molar-refractivity contribution in [2.75, 3.05) is 23.7 Å². The second-order valence-corrected chi connectivity index (χ2v) is 6.96. The second kappa shape index (κ2) is 6.09. The van der Waals surface area contributed by atoms with Gasteiger partial charge in [-0.2, -0.15) is 0 Å². The van der Waals surface area contributed by atoms with E-state index in [9.17, 15) is 8.42 Å². The molecule has 21 heavy (non-hydrogen) atoms. The zero-order valence-corrected chi connectivity index (χ0v) is 13.7. The van der Waals surface area contributed by atoms with Crippen molar-refractivity contribution < 1.29 is 8.42 Å². The molecule has 0 bridgehead atoms. The molecule has 0 saturated heterocycles. The molecule has 0 fully saturated rings. The molecule has 0 saturated carbocycles. The van der Waals surface area contributed by atoms with Gasteiger partial charge < -0.3 is 4.90 Å². The van der Waals surface area contributed by atoms with Crippen LogP contribution in [0.2, 0.25) is 10.2 Å². The maximum atomic E-state index is 12.2. The quantitative estimate of drug-likeness (QED) is 0.864. The smallest absolute Gasteiger partial charge is 0.262 e. The summed E-state index contributed by atoms with van der Waals surface area (Å²) in [5, 5.41) is 0.562. The van der Waals surface area contributed by atoms with E-state index in [4.69, 9.17) is 23.2 Å². The number of aromatic nitrogens is 1. The zero-order chi connectivity index (χ0) is 15.6. The molecule has 0 aliphatic carbocycles. The number of anilines is 2. The van der Waals surface area contributed by atoms with Crippen molar-refractivity contribution in [1.82, 2.24) is 4.98 Å². The number of hydrogen-bond acceptors (Lipinski definition) is 4. The zero-order valence-electron chi connectivity index (χ0n) is 11.3. The molecule has 0 unspecified atom stereocenters. The second-order valence-electron chi connectivity index (χ2n) is 4.48. The minimum atomic E-state index is -3.73. The van der Waals surface area contributed by atoms with Gasteiger partial charge in [-0.05, 0) is 30.3 Å². The fraction of sp³-hybridized carbons (Fsp3) is 0.154. The molecule has 0 amide bonds. The van der Waals surface area contributed by atoms with E-state index in [2.05, 4.69) is 9.71 Å². The summed E-state index contributed by atoms with van der Waals surface area (Å²) in [5.41, 5.74) is 1.17. The van der Waals surface area contributed by atoms with Gasteiger partial charge >= 0.3 is 0 Å². The van der Waals surface area contributed by atoms with Crippen molar-refractivity contribution in [2.45, 2.75) is 4.90 Å². The lowest BCUT2D eigenvalue weighted by atomic mass is 10.3. The molecule has 0 radical (unpaired) electrons. The number of pyridine rings is 1. The first-order valence-electron chi connectivity index (χ1n) is 5.91. The molecule has 5 nitrogen and oxygen atoms in total. The van der Waals surface area contributed by atoms with E-state index in [1.807, 2.05) is 19.0 Å². The first-order valence-corrected chi connectivity index (χ1v) is 8.15. The number of hydrogen-bond donors (Lipinski definition) is 1. The van der Waals surface area contributed by atoms with Gasteiger partial charge in [-0.15, -0.1) is 0 Å². The largest absolute Gasteiger partial charge is 0.376 e. The van der Waals surface area contributed by atoms with Crippen LogP contribution in [0.25, 0.3) is 0 Å². The molecule has 1 heterocycles. The number of rotatable bonds is 4. The van der Waals surface area contributed by atoms with Crippen LogP contribution in [0.1, 0.15) is 0 Å². The molecule has 112 valence electrons.